The van der Waals surface area contributed by atoms with Crippen LogP contribution in [0.15, 0.2) is 36.4 Å². The van der Waals surface area contributed by atoms with Gasteiger partial charge in [0.05, 0.1) is 13.7 Å². The Bertz CT molecular complexity index is 718. The fourth-order valence-electron chi connectivity index (χ4n) is 2.84. The Kier molecular flexibility index (Phi) is 8.33. The van der Waals surface area contributed by atoms with Crippen LogP contribution in [-0.4, -0.2) is 50.7 Å². The van der Waals surface area contributed by atoms with Crippen LogP contribution in [0.4, 0.5) is 0 Å². The summed E-state index contributed by atoms with van der Waals surface area (Å²) in [6, 6.07) is 6.44. The van der Waals surface area contributed by atoms with Gasteiger partial charge in [-0.3, -0.25) is 9.59 Å². The molecule has 2 unspecified atom stereocenters. The maximum absolute atomic E-state index is 12.3. The first-order valence-corrected chi connectivity index (χ1v) is 9.20. The minimum atomic E-state index is -0.495. The van der Waals surface area contributed by atoms with Gasteiger partial charge in [-0.25, -0.2) is 4.79 Å². The van der Waals surface area contributed by atoms with Crippen molar-refractivity contribution < 1.29 is 28.6 Å². The SMILES string of the molecule is CCOC(=O)/C=C/C(CC1CCNC1=O)NC(=O)COc1cccc(OC)c1. The lowest BCUT2D eigenvalue weighted by Gasteiger charge is -2.18. The number of carbonyl (C=O) groups excluding carboxylic acids is 3. The van der Waals surface area contributed by atoms with Crippen molar-refractivity contribution in [2.24, 2.45) is 5.92 Å². The van der Waals surface area contributed by atoms with Crippen molar-refractivity contribution in [1.29, 1.82) is 0 Å². The van der Waals surface area contributed by atoms with Gasteiger partial charge >= 0.3 is 5.97 Å². The summed E-state index contributed by atoms with van der Waals surface area (Å²) in [5.74, 6) is 0.0153. The summed E-state index contributed by atoms with van der Waals surface area (Å²) in [5, 5.41) is 5.56. The van der Waals surface area contributed by atoms with Crippen LogP contribution in [0, 0.1) is 5.92 Å². The van der Waals surface area contributed by atoms with E-state index in [1.807, 2.05) is 0 Å². The Hall–Kier alpha value is -3.03. The van der Waals surface area contributed by atoms with E-state index in [0.29, 0.717) is 30.9 Å². The minimum Gasteiger partial charge on any atom is -0.497 e. The molecule has 0 saturated carbocycles. The molecule has 1 aliphatic rings. The van der Waals surface area contributed by atoms with Gasteiger partial charge in [-0.05, 0) is 31.9 Å². The quantitative estimate of drug-likeness (QED) is 0.460. The van der Waals surface area contributed by atoms with Crippen molar-refractivity contribution in [1.82, 2.24) is 10.6 Å². The number of ether oxygens (including phenoxy) is 3. The van der Waals surface area contributed by atoms with Crippen molar-refractivity contribution in [2.45, 2.75) is 25.8 Å². The highest BCUT2D eigenvalue weighted by Crippen LogP contribution is 2.19. The Morgan fingerprint density at radius 1 is 1.36 bits per heavy atom. The predicted molar refractivity (Wildman–Crippen MR) is 102 cm³/mol. The third-order valence-corrected chi connectivity index (χ3v) is 4.21. The van der Waals surface area contributed by atoms with Crippen molar-refractivity contribution in [3.8, 4) is 11.5 Å². The third kappa shape index (κ3) is 6.94. The summed E-state index contributed by atoms with van der Waals surface area (Å²) >= 11 is 0. The lowest BCUT2D eigenvalue weighted by atomic mass is 9.98. The average Bonchev–Trinajstić information content (AvgIpc) is 3.09. The summed E-state index contributed by atoms with van der Waals surface area (Å²) in [5.41, 5.74) is 0. The number of benzene rings is 1. The molecule has 1 fully saturated rings. The van der Waals surface area contributed by atoms with Gasteiger partial charge in [0.25, 0.3) is 5.91 Å². The van der Waals surface area contributed by atoms with E-state index in [2.05, 4.69) is 10.6 Å². The molecule has 2 atom stereocenters. The highest BCUT2D eigenvalue weighted by Gasteiger charge is 2.27. The fourth-order valence-corrected chi connectivity index (χ4v) is 2.84. The highest BCUT2D eigenvalue weighted by atomic mass is 16.5. The van der Waals surface area contributed by atoms with Crippen LogP contribution in [0.25, 0.3) is 0 Å². The number of nitrogens with one attached hydrogen (secondary N) is 2. The molecule has 1 aromatic rings. The first kappa shape index (κ1) is 21.3. The van der Waals surface area contributed by atoms with Crippen LogP contribution >= 0.6 is 0 Å². The normalized spacial score (nSPS) is 17.1. The standard InChI is InChI=1S/C20H26N2O6/c1-3-27-19(24)8-7-15(11-14-9-10-21-20(14)25)22-18(23)13-28-17-6-4-5-16(12-17)26-2/h4-8,12,14-15H,3,9-11,13H2,1-2H3,(H,21,25)(H,22,23)/b8-7+. The smallest absolute Gasteiger partial charge is 0.330 e. The van der Waals surface area contributed by atoms with E-state index in [9.17, 15) is 14.4 Å². The number of hydrogen-bond donors (Lipinski definition) is 2. The summed E-state index contributed by atoms with van der Waals surface area (Å²) in [6.45, 7) is 2.39. The number of amides is 2. The summed E-state index contributed by atoms with van der Waals surface area (Å²) in [6.07, 6.45) is 3.91. The van der Waals surface area contributed by atoms with Crippen LogP contribution in [0.2, 0.25) is 0 Å². The first-order chi connectivity index (χ1) is 13.5. The van der Waals surface area contributed by atoms with Gasteiger partial charge in [-0.15, -0.1) is 0 Å². The maximum atomic E-state index is 12.3. The number of rotatable bonds is 10. The lowest BCUT2D eigenvalue weighted by molar-refractivity contribution is -0.137. The van der Waals surface area contributed by atoms with Gasteiger partial charge in [0.1, 0.15) is 11.5 Å². The Labute approximate surface area is 164 Å². The second kappa shape index (κ2) is 11.0. The molecule has 2 N–H and O–H groups in total. The number of carbonyl (C=O) groups is 3. The van der Waals surface area contributed by atoms with Crippen molar-refractivity contribution in [3.63, 3.8) is 0 Å². The van der Waals surface area contributed by atoms with E-state index in [4.69, 9.17) is 14.2 Å². The van der Waals surface area contributed by atoms with Crippen LogP contribution in [-0.2, 0) is 19.1 Å². The molecule has 2 amide bonds. The highest BCUT2D eigenvalue weighted by molar-refractivity contribution is 5.83. The molecule has 1 aliphatic heterocycles. The molecule has 8 heteroatoms. The fraction of sp³-hybridized carbons (Fsp3) is 0.450. The van der Waals surface area contributed by atoms with E-state index in [0.717, 1.165) is 0 Å². The van der Waals surface area contributed by atoms with Crippen LogP contribution in [0.3, 0.4) is 0 Å². The van der Waals surface area contributed by atoms with E-state index in [1.54, 1.807) is 44.4 Å². The van der Waals surface area contributed by atoms with Crippen LogP contribution < -0.4 is 20.1 Å². The number of esters is 1. The maximum Gasteiger partial charge on any atom is 0.330 e. The number of hydrogen-bond acceptors (Lipinski definition) is 6. The molecule has 0 aromatic heterocycles. The van der Waals surface area contributed by atoms with Gasteiger partial charge in [0.2, 0.25) is 5.91 Å². The second-order valence-corrected chi connectivity index (χ2v) is 6.27. The molecule has 1 heterocycles. The zero-order chi connectivity index (χ0) is 20.4. The topological polar surface area (TPSA) is 103 Å². The van der Waals surface area contributed by atoms with Crippen LogP contribution in [0.5, 0.6) is 11.5 Å². The van der Waals surface area contributed by atoms with E-state index < -0.39 is 12.0 Å². The monoisotopic (exact) mass is 390 g/mol. The molecular weight excluding hydrogens is 364 g/mol. The Morgan fingerprint density at radius 2 is 2.14 bits per heavy atom. The Morgan fingerprint density at radius 3 is 2.82 bits per heavy atom. The molecule has 1 aromatic carbocycles. The van der Waals surface area contributed by atoms with Crippen molar-refractivity contribution >= 4 is 17.8 Å². The summed E-state index contributed by atoms with van der Waals surface area (Å²) in [7, 11) is 1.55. The van der Waals surface area contributed by atoms with Gasteiger partial charge in [0, 0.05) is 30.6 Å². The minimum absolute atomic E-state index is 0.0450. The number of methoxy groups -OCH3 is 1. The average molecular weight is 390 g/mol. The molecule has 0 bridgehead atoms. The molecule has 2 rings (SSSR count). The summed E-state index contributed by atoms with van der Waals surface area (Å²) in [4.78, 5) is 35.7. The van der Waals surface area contributed by atoms with Crippen LogP contribution in [0.1, 0.15) is 19.8 Å². The molecule has 28 heavy (non-hydrogen) atoms. The summed E-state index contributed by atoms with van der Waals surface area (Å²) < 4.78 is 15.5. The zero-order valence-electron chi connectivity index (χ0n) is 16.1. The molecule has 0 aliphatic carbocycles. The Balaban J connectivity index is 1.93. The van der Waals surface area contributed by atoms with E-state index >= 15 is 0 Å². The molecule has 152 valence electrons. The van der Waals surface area contributed by atoms with E-state index in [1.165, 1.54) is 6.08 Å². The van der Waals surface area contributed by atoms with Gasteiger partial charge < -0.3 is 24.8 Å². The zero-order valence-corrected chi connectivity index (χ0v) is 16.1. The van der Waals surface area contributed by atoms with Gasteiger partial charge in [0.15, 0.2) is 6.61 Å². The van der Waals surface area contributed by atoms with Gasteiger partial charge in [-0.1, -0.05) is 12.1 Å². The largest absolute Gasteiger partial charge is 0.497 e. The molecule has 0 spiro atoms. The van der Waals surface area contributed by atoms with E-state index in [-0.39, 0.29) is 30.9 Å². The predicted octanol–water partition coefficient (Wildman–Crippen LogP) is 1.20. The molecule has 8 nitrogen and oxygen atoms in total. The van der Waals surface area contributed by atoms with Crippen molar-refractivity contribution in [2.75, 3.05) is 26.9 Å². The van der Waals surface area contributed by atoms with Gasteiger partial charge in [-0.2, -0.15) is 0 Å². The molecular formula is C20H26N2O6. The third-order valence-electron chi connectivity index (χ3n) is 4.21. The van der Waals surface area contributed by atoms with Crippen molar-refractivity contribution in [3.05, 3.63) is 36.4 Å². The second-order valence-electron chi connectivity index (χ2n) is 6.27. The molecule has 0 radical (unpaired) electrons. The first-order valence-electron chi connectivity index (χ1n) is 9.20. The lowest BCUT2D eigenvalue weighted by Crippen LogP contribution is -2.39. The molecule has 1 saturated heterocycles.